The van der Waals surface area contributed by atoms with Gasteiger partial charge in [0.25, 0.3) is 6.10 Å². The topological polar surface area (TPSA) is 87.7 Å². The molecule has 1 unspecified atom stereocenters. The average Bonchev–Trinajstić information content (AvgIpc) is 2.57. The van der Waals surface area contributed by atoms with Gasteiger partial charge in [-0.15, -0.1) is 5.59 Å². The molecule has 6 nitrogen and oxygen atoms in total. The number of anilines is 1. The highest BCUT2D eigenvalue weighted by Gasteiger charge is 2.65. The number of benzene rings is 2. The molecule has 27 heavy (non-hydrogen) atoms. The maximum absolute atomic E-state index is 13.3. The first-order chi connectivity index (χ1) is 12.4. The van der Waals surface area contributed by atoms with Crippen LogP contribution in [0.4, 0.5) is 27.6 Å². The number of halogens is 5. The van der Waals surface area contributed by atoms with Gasteiger partial charge in [0.05, 0.1) is 5.69 Å². The second-order valence-corrected chi connectivity index (χ2v) is 6.74. The molecule has 148 valence electrons. The molecule has 0 aliphatic heterocycles. The van der Waals surface area contributed by atoms with Gasteiger partial charge in [-0.3, -0.25) is 14.8 Å². The summed E-state index contributed by atoms with van der Waals surface area (Å²) in [5.74, 6) is 0. The van der Waals surface area contributed by atoms with E-state index in [-0.39, 0.29) is 5.69 Å². The lowest BCUT2D eigenvalue weighted by Crippen LogP contribution is -2.53. The van der Waals surface area contributed by atoms with Crippen LogP contribution in [0.1, 0.15) is 0 Å². The number of alkyl halides is 5. The van der Waals surface area contributed by atoms with Crippen LogP contribution in [0.25, 0.3) is 11.1 Å². The highest BCUT2D eigenvalue weighted by Crippen LogP contribution is 2.37. The molecule has 0 amide bonds. The van der Waals surface area contributed by atoms with Gasteiger partial charge in [-0.25, -0.2) is 0 Å². The molecule has 2 aromatic carbocycles. The molecule has 3 N–H and O–H groups in total. The van der Waals surface area contributed by atoms with Gasteiger partial charge in [0, 0.05) is 0 Å². The van der Waals surface area contributed by atoms with E-state index in [4.69, 9.17) is 4.55 Å². The Morgan fingerprint density at radius 1 is 0.889 bits per heavy atom. The second-order valence-electron chi connectivity index (χ2n) is 5.25. The summed E-state index contributed by atoms with van der Waals surface area (Å²) in [5, 5.41) is -5.61. The van der Waals surface area contributed by atoms with Crippen LogP contribution < -0.4 is 11.0 Å². The summed E-state index contributed by atoms with van der Waals surface area (Å²) < 4.78 is 94.0. The molecule has 1 atom stereocenters. The van der Waals surface area contributed by atoms with E-state index >= 15 is 0 Å². The number of rotatable bonds is 7. The first-order valence-electron chi connectivity index (χ1n) is 7.16. The van der Waals surface area contributed by atoms with Crippen molar-refractivity contribution in [2.75, 3.05) is 5.43 Å². The van der Waals surface area contributed by atoms with Crippen LogP contribution in [0.2, 0.25) is 0 Å². The van der Waals surface area contributed by atoms with Gasteiger partial charge in [-0.1, -0.05) is 42.5 Å². The smallest absolute Gasteiger partial charge is 0.299 e. The first-order valence-corrected chi connectivity index (χ1v) is 8.60. The quantitative estimate of drug-likeness (QED) is 0.366. The zero-order valence-electron chi connectivity index (χ0n) is 13.2. The van der Waals surface area contributed by atoms with Crippen LogP contribution in [0.5, 0.6) is 0 Å². The molecule has 2 rings (SSSR count). The van der Waals surface area contributed by atoms with Crippen molar-refractivity contribution in [1.29, 1.82) is 0 Å². The monoisotopic (exact) mass is 412 g/mol. The van der Waals surface area contributed by atoms with E-state index in [2.05, 4.69) is 10.3 Å². The molecule has 2 aromatic rings. The molecule has 0 heterocycles. The van der Waals surface area contributed by atoms with Crippen LogP contribution in [0.3, 0.4) is 0 Å². The minimum Gasteiger partial charge on any atom is -0.299 e. The number of hydrogen-bond donors (Lipinski definition) is 3. The normalized spacial score (nSPS) is 14.0. The van der Waals surface area contributed by atoms with Crippen molar-refractivity contribution in [1.82, 2.24) is 5.59 Å². The van der Waals surface area contributed by atoms with Crippen molar-refractivity contribution in [2.45, 2.75) is 17.5 Å². The molecular weight excluding hydrogens is 399 g/mol. The Balaban J connectivity index is 2.05. The highest BCUT2D eigenvalue weighted by molar-refractivity contribution is 7.86. The summed E-state index contributed by atoms with van der Waals surface area (Å²) in [6.07, 6.45) is -9.93. The van der Waals surface area contributed by atoms with Crippen molar-refractivity contribution < 1.29 is 39.8 Å². The fourth-order valence-corrected chi connectivity index (χ4v) is 2.44. The molecule has 0 spiro atoms. The summed E-state index contributed by atoms with van der Waals surface area (Å²) in [7, 11) is -6.36. The summed E-state index contributed by atoms with van der Waals surface area (Å²) in [6.45, 7) is 0. The standard InChI is InChI=1S/C15H13F5N2O4S/c16-14(17,18)13(15(19,20)27(23,24)25)26-22-21-12-8-6-11(7-9-12)10-4-2-1-3-5-10/h1-9,13,21-22H,(H,23,24,25). The van der Waals surface area contributed by atoms with Gasteiger partial charge >= 0.3 is 21.5 Å². The van der Waals surface area contributed by atoms with Crippen LogP contribution in [-0.4, -0.2) is 30.5 Å². The molecule has 0 radical (unpaired) electrons. The molecule has 12 heteroatoms. The van der Waals surface area contributed by atoms with E-state index < -0.39 is 27.7 Å². The van der Waals surface area contributed by atoms with Crippen LogP contribution in [0.15, 0.2) is 54.6 Å². The Kier molecular flexibility index (Phi) is 6.04. The lowest BCUT2D eigenvalue weighted by Gasteiger charge is -2.26. The van der Waals surface area contributed by atoms with Gasteiger partial charge in [-0.05, 0) is 23.3 Å². The Morgan fingerprint density at radius 3 is 1.89 bits per heavy atom. The fourth-order valence-electron chi connectivity index (χ4n) is 1.99. The van der Waals surface area contributed by atoms with Crippen molar-refractivity contribution in [2.24, 2.45) is 0 Å². The van der Waals surface area contributed by atoms with E-state index in [0.29, 0.717) is 0 Å². The van der Waals surface area contributed by atoms with Gasteiger partial charge < -0.3 is 0 Å². The summed E-state index contributed by atoms with van der Waals surface area (Å²) in [5.41, 5.74) is 5.29. The second kappa shape index (κ2) is 7.76. The molecule has 0 fully saturated rings. The number of nitrogens with one attached hydrogen (secondary N) is 2. The van der Waals surface area contributed by atoms with Crippen molar-refractivity contribution in [3.05, 3.63) is 54.6 Å². The van der Waals surface area contributed by atoms with Crippen molar-refractivity contribution in [3.63, 3.8) is 0 Å². The van der Waals surface area contributed by atoms with Gasteiger partial charge in [0.1, 0.15) is 0 Å². The molecule has 0 aliphatic rings. The van der Waals surface area contributed by atoms with Crippen molar-refractivity contribution >= 4 is 15.8 Å². The molecule has 0 bridgehead atoms. The lowest BCUT2D eigenvalue weighted by molar-refractivity contribution is -0.278. The van der Waals surface area contributed by atoms with Crippen LogP contribution in [0, 0.1) is 0 Å². The van der Waals surface area contributed by atoms with Gasteiger partial charge in [0.15, 0.2) is 0 Å². The molecule has 0 saturated carbocycles. The van der Waals surface area contributed by atoms with E-state index in [0.717, 1.165) is 11.1 Å². The zero-order chi connectivity index (χ0) is 20.3. The first kappa shape index (κ1) is 21.0. The molecule has 0 saturated heterocycles. The zero-order valence-corrected chi connectivity index (χ0v) is 14.1. The van der Waals surface area contributed by atoms with Crippen LogP contribution in [-0.2, 0) is 15.0 Å². The third kappa shape index (κ3) is 5.13. The highest BCUT2D eigenvalue weighted by atomic mass is 32.2. The van der Waals surface area contributed by atoms with Gasteiger partial charge in [-0.2, -0.15) is 30.4 Å². The predicted octanol–water partition coefficient (Wildman–Crippen LogP) is 3.61. The Labute approximate surface area is 150 Å². The van der Waals surface area contributed by atoms with Crippen LogP contribution >= 0.6 is 0 Å². The summed E-state index contributed by atoms with van der Waals surface area (Å²) >= 11 is 0. The minimum atomic E-state index is -6.36. The third-order valence-electron chi connectivity index (χ3n) is 3.31. The average molecular weight is 412 g/mol. The van der Waals surface area contributed by atoms with E-state index in [1.54, 1.807) is 12.1 Å². The Hall–Kier alpha value is -2.28. The maximum atomic E-state index is 13.3. The van der Waals surface area contributed by atoms with E-state index in [9.17, 15) is 30.4 Å². The van der Waals surface area contributed by atoms with Crippen molar-refractivity contribution in [3.8, 4) is 11.1 Å². The summed E-state index contributed by atoms with van der Waals surface area (Å²) in [4.78, 5) is 3.74. The molecular formula is C15H13F5N2O4S. The van der Waals surface area contributed by atoms with E-state index in [1.165, 1.54) is 17.7 Å². The number of hydrazine groups is 1. The number of hydrogen-bond acceptors (Lipinski definition) is 5. The largest absolute Gasteiger partial charge is 0.423 e. The predicted molar refractivity (Wildman–Crippen MR) is 86.1 cm³/mol. The molecule has 0 aromatic heterocycles. The summed E-state index contributed by atoms with van der Waals surface area (Å²) in [6, 6.07) is 15.1. The van der Waals surface area contributed by atoms with Gasteiger partial charge in [0.2, 0.25) is 0 Å². The Morgan fingerprint density at radius 2 is 1.41 bits per heavy atom. The third-order valence-corrected chi connectivity index (χ3v) is 4.21. The SMILES string of the molecule is O=S(=O)(O)C(F)(F)C(ONNc1ccc(-c2ccccc2)cc1)C(F)(F)F. The Bertz CT molecular complexity index is 858. The maximum Gasteiger partial charge on any atom is 0.423 e. The molecule has 0 aliphatic carbocycles. The lowest BCUT2D eigenvalue weighted by atomic mass is 10.1. The van der Waals surface area contributed by atoms with E-state index in [1.807, 2.05) is 30.3 Å². The minimum absolute atomic E-state index is 0.144. The fraction of sp³-hybridized carbons (Fsp3) is 0.200.